The summed E-state index contributed by atoms with van der Waals surface area (Å²) in [5, 5.41) is 8.93. The van der Waals surface area contributed by atoms with Gasteiger partial charge in [0.25, 0.3) is 5.56 Å². The highest BCUT2D eigenvalue weighted by Crippen LogP contribution is 2.15. The second-order valence-electron chi connectivity index (χ2n) is 4.06. The normalized spacial score (nSPS) is 20.8. The minimum Gasteiger partial charge on any atom is -0.314 e. The van der Waals surface area contributed by atoms with E-state index in [0.29, 0.717) is 6.54 Å². The Morgan fingerprint density at radius 3 is 3.06 bits per heavy atom. The van der Waals surface area contributed by atoms with Crippen molar-refractivity contribution in [2.45, 2.75) is 25.4 Å². The third-order valence-corrected chi connectivity index (χ3v) is 3.04. The van der Waals surface area contributed by atoms with Crippen LogP contribution in [0.2, 0.25) is 0 Å². The molecule has 1 atom stereocenters. The summed E-state index contributed by atoms with van der Waals surface area (Å²) in [6.07, 6.45) is 3.84. The molecule has 4 nitrogen and oxygen atoms in total. The SMILES string of the molecule is N#CC1CCCN1CCn1ccccc1=O. The summed E-state index contributed by atoms with van der Waals surface area (Å²) in [6, 6.07) is 7.50. The summed E-state index contributed by atoms with van der Waals surface area (Å²) in [4.78, 5) is 13.6. The first-order valence-corrected chi connectivity index (χ1v) is 5.60. The lowest BCUT2D eigenvalue weighted by Gasteiger charge is -2.19. The van der Waals surface area contributed by atoms with Gasteiger partial charge in [-0.3, -0.25) is 9.69 Å². The van der Waals surface area contributed by atoms with Gasteiger partial charge in [-0.1, -0.05) is 6.07 Å². The molecule has 1 aromatic rings. The molecule has 0 bridgehead atoms. The van der Waals surface area contributed by atoms with E-state index in [1.807, 2.05) is 6.07 Å². The highest BCUT2D eigenvalue weighted by atomic mass is 16.1. The molecule has 0 amide bonds. The first kappa shape index (κ1) is 10.9. The van der Waals surface area contributed by atoms with Crippen LogP contribution in [0.5, 0.6) is 0 Å². The van der Waals surface area contributed by atoms with Crippen LogP contribution in [-0.4, -0.2) is 28.6 Å². The molecule has 16 heavy (non-hydrogen) atoms. The zero-order valence-corrected chi connectivity index (χ0v) is 9.17. The quantitative estimate of drug-likeness (QED) is 0.753. The maximum Gasteiger partial charge on any atom is 0.250 e. The Balaban J connectivity index is 1.95. The standard InChI is InChI=1S/C12H15N3O/c13-10-11-4-3-7-14(11)8-9-15-6-2-1-5-12(15)16/h1-2,5-6,11H,3-4,7-9H2. The summed E-state index contributed by atoms with van der Waals surface area (Å²) in [5.41, 5.74) is 0.0233. The van der Waals surface area contributed by atoms with Crippen molar-refractivity contribution in [3.8, 4) is 6.07 Å². The molecule has 2 rings (SSSR count). The average Bonchev–Trinajstić information content (AvgIpc) is 2.75. The Labute approximate surface area is 94.7 Å². The third-order valence-electron chi connectivity index (χ3n) is 3.04. The molecule has 4 heteroatoms. The van der Waals surface area contributed by atoms with Crippen molar-refractivity contribution in [3.63, 3.8) is 0 Å². The predicted molar refractivity (Wildman–Crippen MR) is 60.9 cm³/mol. The number of nitrogens with zero attached hydrogens (tertiary/aromatic N) is 3. The van der Waals surface area contributed by atoms with Crippen LogP contribution in [0.3, 0.4) is 0 Å². The van der Waals surface area contributed by atoms with E-state index in [9.17, 15) is 4.79 Å². The zero-order chi connectivity index (χ0) is 11.4. The van der Waals surface area contributed by atoms with Crippen LogP contribution in [0.4, 0.5) is 0 Å². The van der Waals surface area contributed by atoms with Crippen LogP contribution >= 0.6 is 0 Å². The van der Waals surface area contributed by atoms with Crippen LogP contribution in [0.15, 0.2) is 29.2 Å². The molecule has 2 heterocycles. The Kier molecular flexibility index (Phi) is 3.37. The maximum atomic E-state index is 11.5. The van der Waals surface area contributed by atoms with E-state index in [1.165, 1.54) is 0 Å². The van der Waals surface area contributed by atoms with Gasteiger partial charge in [-0.05, 0) is 25.5 Å². The van der Waals surface area contributed by atoms with Gasteiger partial charge in [0.2, 0.25) is 0 Å². The van der Waals surface area contributed by atoms with Crippen molar-refractivity contribution in [2.75, 3.05) is 13.1 Å². The molecule has 1 fully saturated rings. The van der Waals surface area contributed by atoms with Gasteiger partial charge in [0.1, 0.15) is 0 Å². The summed E-state index contributed by atoms with van der Waals surface area (Å²) >= 11 is 0. The molecule has 1 aliphatic rings. The van der Waals surface area contributed by atoms with Gasteiger partial charge in [-0.15, -0.1) is 0 Å². The summed E-state index contributed by atoms with van der Waals surface area (Å²) < 4.78 is 1.69. The molecule has 1 saturated heterocycles. The third kappa shape index (κ3) is 2.31. The Hall–Kier alpha value is -1.60. The minimum absolute atomic E-state index is 0.0233. The lowest BCUT2D eigenvalue weighted by atomic mass is 10.2. The van der Waals surface area contributed by atoms with E-state index >= 15 is 0 Å². The second kappa shape index (κ2) is 4.95. The molecule has 1 unspecified atom stereocenters. The number of rotatable bonds is 3. The number of aromatic nitrogens is 1. The molecule has 1 aliphatic heterocycles. The number of hydrogen-bond acceptors (Lipinski definition) is 3. The summed E-state index contributed by atoms with van der Waals surface area (Å²) in [5.74, 6) is 0. The highest BCUT2D eigenvalue weighted by Gasteiger charge is 2.23. The van der Waals surface area contributed by atoms with Crippen LogP contribution < -0.4 is 5.56 Å². The molecule has 0 radical (unpaired) electrons. The zero-order valence-electron chi connectivity index (χ0n) is 9.17. The Morgan fingerprint density at radius 1 is 1.44 bits per heavy atom. The second-order valence-corrected chi connectivity index (χ2v) is 4.06. The molecule has 0 aromatic carbocycles. The molecule has 0 saturated carbocycles. The summed E-state index contributed by atoms with van der Waals surface area (Å²) in [7, 11) is 0. The topological polar surface area (TPSA) is 49.0 Å². The van der Waals surface area contributed by atoms with Gasteiger partial charge in [0.15, 0.2) is 0 Å². The van der Waals surface area contributed by atoms with Gasteiger partial charge in [-0.2, -0.15) is 5.26 Å². The molecule has 1 aromatic heterocycles. The lowest BCUT2D eigenvalue weighted by Crippen LogP contribution is -2.33. The van der Waals surface area contributed by atoms with Gasteiger partial charge in [0, 0.05) is 25.4 Å². The predicted octanol–water partition coefficient (Wildman–Crippen LogP) is 0.836. The largest absolute Gasteiger partial charge is 0.314 e. The van der Waals surface area contributed by atoms with Crippen LogP contribution in [0, 0.1) is 11.3 Å². The first-order chi connectivity index (χ1) is 7.81. The number of nitriles is 1. The fraction of sp³-hybridized carbons (Fsp3) is 0.500. The Morgan fingerprint density at radius 2 is 2.31 bits per heavy atom. The monoisotopic (exact) mass is 217 g/mol. The number of hydrogen-bond donors (Lipinski definition) is 0. The van der Waals surface area contributed by atoms with Crippen molar-refractivity contribution in [1.29, 1.82) is 5.26 Å². The van der Waals surface area contributed by atoms with E-state index in [-0.39, 0.29) is 11.6 Å². The van der Waals surface area contributed by atoms with Crippen LogP contribution in [-0.2, 0) is 6.54 Å². The molecule has 0 aliphatic carbocycles. The molecule has 0 spiro atoms. The van der Waals surface area contributed by atoms with Crippen molar-refractivity contribution >= 4 is 0 Å². The molecule has 84 valence electrons. The van der Waals surface area contributed by atoms with Crippen molar-refractivity contribution in [1.82, 2.24) is 9.47 Å². The minimum atomic E-state index is 0.0233. The van der Waals surface area contributed by atoms with Crippen LogP contribution in [0.1, 0.15) is 12.8 Å². The fourth-order valence-corrected chi connectivity index (χ4v) is 2.12. The van der Waals surface area contributed by atoms with Crippen LogP contribution in [0.25, 0.3) is 0 Å². The van der Waals surface area contributed by atoms with Gasteiger partial charge < -0.3 is 4.57 Å². The van der Waals surface area contributed by atoms with Gasteiger partial charge >= 0.3 is 0 Å². The lowest BCUT2D eigenvalue weighted by molar-refractivity contribution is 0.280. The van der Waals surface area contributed by atoms with E-state index < -0.39 is 0 Å². The van der Waals surface area contributed by atoms with Gasteiger partial charge in [-0.25, -0.2) is 0 Å². The Bertz CT molecular complexity index is 446. The fourth-order valence-electron chi connectivity index (χ4n) is 2.12. The molecule has 0 N–H and O–H groups in total. The molecular formula is C12H15N3O. The first-order valence-electron chi connectivity index (χ1n) is 5.60. The van der Waals surface area contributed by atoms with Crippen molar-refractivity contribution < 1.29 is 0 Å². The van der Waals surface area contributed by atoms with E-state index in [4.69, 9.17) is 5.26 Å². The number of likely N-dealkylation sites (tertiary alicyclic amines) is 1. The summed E-state index contributed by atoms with van der Waals surface area (Å²) in [6.45, 7) is 2.42. The maximum absolute atomic E-state index is 11.5. The average molecular weight is 217 g/mol. The van der Waals surface area contributed by atoms with Gasteiger partial charge in [0.05, 0.1) is 12.1 Å². The smallest absolute Gasteiger partial charge is 0.250 e. The van der Waals surface area contributed by atoms with E-state index in [2.05, 4.69) is 11.0 Å². The molecular weight excluding hydrogens is 202 g/mol. The van der Waals surface area contributed by atoms with Crippen molar-refractivity contribution in [3.05, 3.63) is 34.7 Å². The van der Waals surface area contributed by atoms with E-state index in [1.54, 1.807) is 22.9 Å². The van der Waals surface area contributed by atoms with E-state index in [0.717, 1.165) is 25.9 Å². The number of pyridine rings is 1. The van der Waals surface area contributed by atoms with Crippen molar-refractivity contribution in [2.24, 2.45) is 0 Å². The highest BCUT2D eigenvalue weighted by molar-refractivity contribution is 4.97.